The fraction of sp³-hybridized carbons (Fsp3) is 0.273. The van der Waals surface area contributed by atoms with E-state index in [4.69, 9.17) is 10.8 Å². The van der Waals surface area contributed by atoms with Crippen molar-refractivity contribution >= 4 is 11.9 Å². The minimum atomic E-state index is -1.34. The van der Waals surface area contributed by atoms with Crippen LogP contribution in [0.4, 0.5) is 4.39 Å². The molecule has 0 radical (unpaired) electrons. The Hall–Kier alpha value is -1.95. The van der Waals surface area contributed by atoms with Gasteiger partial charge in [-0.3, -0.25) is 4.79 Å². The number of benzene rings is 1. The molecule has 0 amide bonds. The SMILES string of the molecule is COC(=O)[C@H](N)Cc1ccc(C(=O)O)c(F)c1. The van der Waals surface area contributed by atoms with E-state index in [1.807, 2.05) is 0 Å². The standard InChI is InChI=1S/C11H12FNO4/c1-17-11(16)9(13)5-6-2-3-7(10(14)15)8(12)4-6/h2-4,9H,5,13H2,1H3,(H,14,15)/t9-/m1/s1. The van der Waals surface area contributed by atoms with E-state index in [1.54, 1.807) is 0 Å². The van der Waals surface area contributed by atoms with Gasteiger partial charge >= 0.3 is 11.9 Å². The van der Waals surface area contributed by atoms with Gasteiger partial charge in [0.15, 0.2) is 0 Å². The van der Waals surface area contributed by atoms with Gasteiger partial charge in [0.1, 0.15) is 11.9 Å². The van der Waals surface area contributed by atoms with Crippen molar-refractivity contribution in [2.24, 2.45) is 5.73 Å². The van der Waals surface area contributed by atoms with Crippen LogP contribution in [0.15, 0.2) is 18.2 Å². The molecule has 0 aliphatic heterocycles. The number of halogens is 1. The Kier molecular flexibility index (Phi) is 4.17. The van der Waals surface area contributed by atoms with Gasteiger partial charge in [0.05, 0.1) is 12.7 Å². The van der Waals surface area contributed by atoms with Gasteiger partial charge < -0.3 is 15.6 Å². The average Bonchev–Trinajstić information content (AvgIpc) is 2.27. The number of rotatable bonds is 4. The molecule has 17 heavy (non-hydrogen) atoms. The fourth-order valence-corrected chi connectivity index (χ4v) is 1.35. The number of esters is 1. The Morgan fingerprint density at radius 2 is 2.18 bits per heavy atom. The lowest BCUT2D eigenvalue weighted by atomic mass is 10.0. The van der Waals surface area contributed by atoms with Gasteiger partial charge in [0, 0.05) is 0 Å². The highest BCUT2D eigenvalue weighted by atomic mass is 19.1. The summed E-state index contributed by atoms with van der Waals surface area (Å²) in [6.07, 6.45) is 0.0868. The molecular formula is C11H12FNO4. The van der Waals surface area contributed by atoms with Crippen molar-refractivity contribution in [1.29, 1.82) is 0 Å². The molecule has 0 spiro atoms. The number of hydrogen-bond acceptors (Lipinski definition) is 4. The lowest BCUT2D eigenvalue weighted by Crippen LogP contribution is -2.33. The zero-order chi connectivity index (χ0) is 13.0. The molecule has 0 bridgehead atoms. The number of aromatic carboxylic acids is 1. The van der Waals surface area contributed by atoms with Gasteiger partial charge in [-0.25, -0.2) is 9.18 Å². The van der Waals surface area contributed by atoms with Crippen LogP contribution >= 0.6 is 0 Å². The van der Waals surface area contributed by atoms with E-state index in [0.717, 1.165) is 12.1 Å². The van der Waals surface area contributed by atoms with E-state index < -0.39 is 29.4 Å². The number of hydrogen-bond donors (Lipinski definition) is 2. The average molecular weight is 241 g/mol. The number of carbonyl (C=O) groups is 2. The highest BCUT2D eigenvalue weighted by Gasteiger charge is 2.16. The second kappa shape index (κ2) is 5.40. The second-order valence-electron chi connectivity index (χ2n) is 3.45. The first-order valence-corrected chi connectivity index (χ1v) is 4.81. The van der Waals surface area contributed by atoms with Crippen molar-refractivity contribution in [2.75, 3.05) is 7.11 Å². The summed E-state index contributed by atoms with van der Waals surface area (Å²) in [5, 5.41) is 8.63. The van der Waals surface area contributed by atoms with Crippen molar-refractivity contribution in [3.8, 4) is 0 Å². The summed E-state index contributed by atoms with van der Waals surface area (Å²) in [4.78, 5) is 21.6. The summed E-state index contributed by atoms with van der Waals surface area (Å²) in [6.45, 7) is 0. The molecule has 0 fully saturated rings. The molecule has 1 aromatic carbocycles. The quantitative estimate of drug-likeness (QED) is 0.752. The number of carboxylic acids is 1. The van der Waals surface area contributed by atoms with E-state index in [9.17, 15) is 14.0 Å². The zero-order valence-electron chi connectivity index (χ0n) is 9.14. The molecule has 3 N–H and O–H groups in total. The molecule has 1 rings (SSSR count). The van der Waals surface area contributed by atoms with Gasteiger partial charge in [0.2, 0.25) is 0 Å². The van der Waals surface area contributed by atoms with E-state index in [2.05, 4.69) is 4.74 Å². The van der Waals surface area contributed by atoms with Gasteiger partial charge in [0.25, 0.3) is 0 Å². The monoisotopic (exact) mass is 241 g/mol. The highest BCUT2D eigenvalue weighted by Crippen LogP contribution is 2.12. The Bertz CT molecular complexity index is 447. The van der Waals surface area contributed by atoms with E-state index in [-0.39, 0.29) is 6.42 Å². The first-order chi connectivity index (χ1) is 7.95. The minimum absolute atomic E-state index is 0.0868. The number of methoxy groups -OCH3 is 1. The smallest absolute Gasteiger partial charge is 0.338 e. The lowest BCUT2D eigenvalue weighted by Gasteiger charge is -2.09. The largest absolute Gasteiger partial charge is 0.478 e. The molecule has 6 heteroatoms. The molecule has 1 atom stereocenters. The van der Waals surface area contributed by atoms with Gasteiger partial charge in [-0.1, -0.05) is 6.07 Å². The third-order valence-corrected chi connectivity index (χ3v) is 2.22. The number of carbonyl (C=O) groups excluding carboxylic acids is 1. The molecule has 5 nitrogen and oxygen atoms in total. The highest BCUT2D eigenvalue weighted by molar-refractivity contribution is 5.88. The normalized spacial score (nSPS) is 11.9. The first kappa shape index (κ1) is 13.1. The summed E-state index contributed by atoms with van der Waals surface area (Å²) in [5.41, 5.74) is 5.51. The van der Waals surface area contributed by atoms with E-state index >= 15 is 0 Å². The zero-order valence-corrected chi connectivity index (χ0v) is 9.14. The predicted molar refractivity (Wildman–Crippen MR) is 57.1 cm³/mol. The van der Waals surface area contributed by atoms with Crippen molar-refractivity contribution in [2.45, 2.75) is 12.5 Å². The Morgan fingerprint density at radius 3 is 2.65 bits per heavy atom. The first-order valence-electron chi connectivity index (χ1n) is 4.81. The molecule has 0 heterocycles. The van der Waals surface area contributed by atoms with Gasteiger partial charge in [-0.2, -0.15) is 0 Å². The van der Waals surface area contributed by atoms with Crippen LogP contribution in [0.3, 0.4) is 0 Å². The number of ether oxygens (including phenoxy) is 1. The molecule has 0 saturated carbocycles. The molecule has 0 aromatic heterocycles. The van der Waals surface area contributed by atoms with Crippen molar-refractivity contribution in [3.05, 3.63) is 35.1 Å². The van der Waals surface area contributed by atoms with Crippen molar-refractivity contribution in [1.82, 2.24) is 0 Å². The number of nitrogens with two attached hydrogens (primary N) is 1. The van der Waals surface area contributed by atoms with Crippen LogP contribution in [0.5, 0.6) is 0 Å². The molecule has 0 unspecified atom stereocenters. The summed E-state index contributed by atoms with van der Waals surface area (Å²) in [7, 11) is 1.20. The van der Waals surface area contributed by atoms with E-state index in [0.29, 0.717) is 5.56 Å². The third kappa shape index (κ3) is 3.25. The van der Waals surface area contributed by atoms with Crippen molar-refractivity contribution in [3.63, 3.8) is 0 Å². The van der Waals surface area contributed by atoms with Crippen LogP contribution in [-0.2, 0) is 16.0 Å². The van der Waals surface area contributed by atoms with Crippen LogP contribution in [-0.4, -0.2) is 30.2 Å². The Morgan fingerprint density at radius 1 is 1.53 bits per heavy atom. The van der Waals surface area contributed by atoms with Crippen molar-refractivity contribution < 1.29 is 23.8 Å². The van der Waals surface area contributed by atoms with Gasteiger partial charge in [-0.15, -0.1) is 0 Å². The molecule has 92 valence electrons. The minimum Gasteiger partial charge on any atom is -0.478 e. The maximum absolute atomic E-state index is 13.3. The van der Waals surface area contributed by atoms with E-state index in [1.165, 1.54) is 13.2 Å². The summed E-state index contributed by atoms with van der Waals surface area (Å²) >= 11 is 0. The lowest BCUT2D eigenvalue weighted by molar-refractivity contribution is -0.142. The summed E-state index contributed by atoms with van der Waals surface area (Å²) in [6, 6.07) is 2.70. The van der Waals surface area contributed by atoms with Crippen LogP contribution < -0.4 is 5.73 Å². The topological polar surface area (TPSA) is 89.6 Å². The molecule has 0 aliphatic rings. The molecule has 0 saturated heterocycles. The van der Waals surface area contributed by atoms with Crippen LogP contribution in [0.1, 0.15) is 15.9 Å². The van der Waals surface area contributed by atoms with Crippen LogP contribution in [0, 0.1) is 5.82 Å². The Balaban J connectivity index is 2.84. The third-order valence-electron chi connectivity index (χ3n) is 2.22. The Labute approximate surface area is 97.0 Å². The molecule has 0 aliphatic carbocycles. The second-order valence-corrected chi connectivity index (χ2v) is 3.45. The maximum atomic E-state index is 13.3. The fourth-order valence-electron chi connectivity index (χ4n) is 1.35. The predicted octanol–water partition coefficient (Wildman–Crippen LogP) is 0.567. The van der Waals surface area contributed by atoms with Crippen LogP contribution in [0.2, 0.25) is 0 Å². The molecule has 1 aromatic rings. The summed E-state index contributed by atoms with van der Waals surface area (Å²) in [5.74, 6) is -2.80. The van der Waals surface area contributed by atoms with Crippen LogP contribution in [0.25, 0.3) is 0 Å². The maximum Gasteiger partial charge on any atom is 0.338 e. The number of carboxylic acid groups (broad SMARTS) is 1. The summed E-state index contributed by atoms with van der Waals surface area (Å²) < 4.78 is 17.7. The molecular weight excluding hydrogens is 229 g/mol. The van der Waals surface area contributed by atoms with Gasteiger partial charge in [-0.05, 0) is 24.1 Å².